The van der Waals surface area contributed by atoms with E-state index in [1.54, 1.807) is 23.1 Å². The number of hydrogen-bond donors (Lipinski definition) is 2. The van der Waals surface area contributed by atoms with Gasteiger partial charge >= 0.3 is 5.97 Å². The molecule has 0 aliphatic carbocycles. The van der Waals surface area contributed by atoms with Crippen LogP contribution in [0.4, 0.5) is 5.69 Å². The van der Waals surface area contributed by atoms with E-state index in [1.807, 2.05) is 42.5 Å². The molecular formula is C24H20ClN3O5. The Morgan fingerprint density at radius 3 is 2.52 bits per heavy atom. The van der Waals surface area contributed by atoms with Gasteiger partial charge in [0, 0.05) is 18.4 Å². The van der Waals surface area contributed by atoms with Crippen LogP contribution in [0.2, 0.25) is 5.02 Å². The highest BCUT2D eigenvalue weighted by atomic mass is 35.5. The molecule has 2 N–H and O–H groups in total. The predicted octanol–water partition coefficient (Wildman–Crippen LogP) is 2.85. The van der Waals surface area contributed by atoms with Crippen LogP contribution in [0.3, 0.4) is 0 Å². The number of amides is 3. The number of halogens is 1. The number of hydrogen-bond acceptors (Lipinski definition) is 5. The second kappa shape index (κ2) is 9.70. The lowest BCUT2D eigenvalue weighted by Crippen LogP contribution is -2.44. The van der Waals surface area contributed by atoms with Crippen molar-refractivity contribution in [3.05, 3.63) is 77.3 Å². The van der Waals surface area contributed by atoms with E-state index < -0.39 is 30.3 Å². The number of carbonyl (C=O) groups is 4. The molecule has 33 heavy (non-hydrogen) atoms. The molecule has 0 spiro atoms. The molecular weight excluding hydrogens is 446 g/mol. The number of fused-ring (bicyclic) bond motifs is 1. The number of carbonyl (C=O) groups excluding carboxylic acids is 4. The Hall–Kier alpha value is -3.91. The first-order chi connectivity index (χ1) is 15.9. The third-order valence-corrected chi connectivity index (χ3v) is 5.62. The molecule has 0 unspecified atom stereocenters. The number of esters is 1. The fourth-order valence-corrected chi connectivity index (χ4v) is 3.89. The van der Waals surface area contributed by atoms with Crippen LogP contribution in [-0.2, 0) is 19.1 Å². The summed E-state index contributed by atoms with van der Waals surface area (Å²) in [5.41, 5.74) is 5.29. The molecule has 1 heterocycles. The van der Waals surface area contributed by atoms with E-state index in [1.165, 1.54) is 6.07 Å². The van der Waals surface area contributed by atoms with Crippen molar-refractivity contribution in [1.82, 2.24) is 10.9 Å². The summed E-state index contributed by atoms with van der Waals surface area (Å²) in [6.07, 6.45) is -0.00703. The summed E-state index contributed by atoms with van der Waals surface area (Å²) in [6.45, 7) is -0.433. The van der Waals surface area contributed by atoms with Crippen molar-refractivity contribution < 1.29 is 23.9 Å². The van der Waals surface area contributed by atoms with E-state index >= 15 is 0 Å². The minimum atomic E-state index is -0.723. The van der Waals surface area contributed by atoms with Gasteiger partial charge in [-0.1, -0.05) is 60.1 Å². The van der Waals surface area contributed by atoms with E-state index in [0.29, 0.717) is 0 Å². The molecule has 8 nitrogen and oxygen atoms in total. The van der Waals surface area contributed by atoms with E-state index in [-0.39, 0.29) is 29.5 Å². The normalized spacial score (nSPS) is 15.4. The van der Waals surface area contributed by atoms with Gasteiger partial charge in [-0.25, -0.2) is 0 Å². The summed E-state index contributed by atoms with van der Waals surface area (Å²) in [5, 5.41) is 2.14. The van der Waals surface area contributed by atoms with Crippen LogP contribution in [0, 0.1) is 5.92 Å². The second-order valence-corrected chi connectivity index (χ2v) is 7.90. The van der Waals surface area contributed by atoms with Gasteiger partial charge in [0.2, 0.25) is 5.91 Å². The number of hydrazine groups is 1. The number of rotatable bonds is 5. The van der Waals surface area contributed by atoms with Crippen LogP contribution in [0.15, 0.2) is 66.7 Å². The molecule has 9 heteroatoms. The maximum atomic E-state index is 12.6. The minimum Gasteiger partial charge on any atom is -0.455 e. The van der Waals surface area contributed by atoms with Crippen LogP contribution in [0.5, 0.6) is 0 Å². The van der Waals surface area contributed by atoms with Crippen LogP contribution < -0.4 is 15.8 Å². The molecule has 1 aliphatic heterocycles. The van der Waals surface area contributed by atoms with Crippen molar-refractivity contribution in [3.8, 4) is 0 Å². The average Bonchev–Trinajstić information content (AvgIpc) is 3.22. The van der Waals surface area contributed by atoms with Crippen LogP contribution >= 0.6 is 11.6 Å². The van der Waals surface area contributed by atoms with Crippen molar-refractivity contribution >= 4 is 51.8 Å². The molecule has 1 atom stereocenters. The number of ether oxygens (including phenoxy) is 1. The standard InChI is InChI=1S/C24H20ClN3O5/c25-19-10-4-3-9-18(19)23(31)27-26-21(29)14-33-24(32)16-12-22(30)28(13-16)20-11-5-7-15-6-1-2-8-17(15)20/h1-11,16H,12-14H2,(H,26,29)(H,27,31)/t16-/m0/s1. The van der Waals surface area contributed by atoms with Crippen molar-refractivity contribution in [3.63, 3.8) is 0 Å². The van der Waals surface area contributed by atoms with Gasteiger partial charge in [-0.3, -0.25) is 30.0 Å². The molecule has 0 bridgehead atoms. The van der Waals surface area contributed by atoms with Gasteiger partial charge in [0.25, 0.3) is 11.8 Å². The van der Waals surface area contributed by atoms with Crippen molar-refractivity contribution in [1.29, 1.82) is 0 Å². The number of nitrogens with one attached hydrogen (secondary N) is 2. The van der Waals surface area contributed by atoms with Crippen molar-refractivity contribution in [2.24, 2.45) is 5.92 Å². The number of benzene rings is 3. The van der Waals surface area contributed by atoms with E-state index in [9.17, 15) is 19.2 Å². The third-order valence-electron chi connectivity index (χ3n) is 5.30. The van der Waals surface area contributed by atoms with Gasteiger partial charge in [0.1, 0.15) is 0 Å². The van der Waals surface area contributed by atoms with Crippen molar-refractivity contribution in [2.45, 2.75) is 6.42 Å². The third kappa shape index (κ3) is 4.96. The molecule has 1 aliphatic rings. The quantitative estimate of drug-likeness (QED) is 0.445. The minimum absolute atomic E-state index is 0.00703. The summed E-state index contributed by atoms with van der Waals surface area (Å²) >= 11 is 5.94. The Morgan fingerprint density at radius 1 is 0.970 bits per heavy atom. The molecule has 3 amide bonds. The Balaban J connectivity index is 1.30. The zero-order chi connectivity index (χ0) is 23.4. The van der Waals surface area contributed by atoms with E-state index in [0.717, 1.165) is 16.5 Å². The molecule has 168 valence electrons. The second-order valence-electron chi connectivity index (χ2n) is 7.49. The smallest absolute Gasteiger partial charge is 0.311 e. The zero-order valence-electron chi connectivity index (χ0n) is 17.4. The fourth-order valence-electron chi connectivity index (χ4n) is 3.67. The topological polar surface area (TPSA) is 105 Å². The maximum Gasteiger partial charge on any atom is 0.311 e. The first-order valence-electron chi connectivity index (χ1n) is 10.2. The van der Waals surface area contributed by atoms with Crippen LogP contribution in [-0.4, -0.2) is 36.8 Å². The summed E-state index contributed by atoms with van der Waals surface area (Å²) in [5.74, 6) is -2.86. The van der Waals surface area contributed by atoms with Gasteiger partial charge in [-0.15, -0.1) is 0 Å². The Labute approximate surface area is 194 Å². The lowest BCUT2D eigenvalue weighted by atomic mass is 10.1. The van der Waals surface area contributed by atoms with Gasteiger partial charge < -0.3 is 9.64 Å². The highest BCUT2D eigenvalue weighted by Gasteiger charge is 2.37. The number of anilines is 1. The average molecular weight is 466 g/mol. The fraction of sp³-hybridized carbons (Fsp3) is 0.167. The van der Waals surface area contributed by atoms with Gasteiger partial charge in [0.05, 0.1) is 22.2 Å². The van der Waals surface area contributed by atoms with Gasteiger partial charge in [-0.2, -0.15) is 0 Å². The van der Waals surface area contributed by atoms with Gasteiger partial charge in [0.15, 0.2) is 6.61 Å². The molecule has 1 fully saturated rings. The molecule has 3 aromatic carbocycles. The molecule has 0 aromatic heterocycles. The van der Waals surface area contributed by atoms with E-state index in [4.69, 9.17) is 16.3 Å². The summed E-state index contributed by atoms with van der Waals surface area (Å²) in [7, 11) is 0. The first kappa shape index (κ1) is 22.3. The largest absolute Gasteiger partial charge is 0.455 e. The molecule has 0 saturated carbocycles. The summed E-state index contributed by atoms with van der Waals surface area (Å²) < 4.78 is 5.06. The molecule has 4 rings (SSSR count). The monoisotopic (exact) mass is 465 g/mol. The van der Waals surface area contributed by atoms with Crippen LogP contribution in [0.25, 0.3) is 10.8 Å². The predicted molar refractivity (Wildman–Crippen MR) is 122 cm³/mol. The Morgan fingerprint density at radius 2 is 1.70 bits per heavy atom. The Bertz CT molecular complexity index is 1240. The van der Waals surface area contributed by atoms with Crippen LogP contribution in [0.1, 0.15) is 16.8 Å². The SMILES string of the molecule is O=C(COC(=O)[C@H]1CC(=O)N(c2cccc3ccccc23)C1)NNC(=O)c1ccccc1Cl. The first-order valence-corrected chi connectivity index (χ1v) is 10.6. The maximum absolute atomic E-state index is 12.6. The molecule has 3 aromatic rings. The molecule has 1 saturated heterocycles. The number of nitrogens with zero attached hydrogens (tertiary/aromatic N) is 1. The van der Waals surface area contributed by atoms with E-state index in [2.05, 4.69) is 10.9 Å². The highest BCUT2D eigenvalue weighted by Crippen LogP contribution is 2.32. The lowest BCUT2D eigenvalue weighted by Gasteiger charge is -2.18. The van der Waals surface area contributed by atoms with Crippen molar-refractivity contribution in [2.75, 3.05) is 18.1 Å². The molecule has 0 radical (unpaired) electrons. The highest BCUT2D eigenvalue weighted by molar-refractivity contribution is 6.33. The van der Waals surface area contributed by atoms with Gasteiger partial charge in [-0.05, 0) is 23.6 Å². The zero-order valence-corrected chi connectivity index (χ0v) is 18.2. The summed E-state index contributed by atoms with van der Waals surface area (Å²) in [6, 6.07) is 19.7. The Kier molecular flexibility index (Phi) is 6.55. The lowest BCUT2D eigenvalue weighted by molar-refractivity contribution is -0.152. The summed E-state index contributed by atoms with van der Waals surface area (Å²) in [4.78, 5) is 50.6.